The molecule has 16 heavy (non-hydrogen) atoms. The third-order valence-electron chi connectivity index (χ3n) is 2.55. The fraction of sp³-hybridized carbons (Fsp3) is 0.0909. The fourth-order valence-corrected chi connectivity index (χ4v) is 1.71. The fourth-order valence-electron chi connectivity index (χ4n) is 1.71. The van der Waals surface area contributed by atoms with Crippen LogP contribution in [0.3, 0.4) is 0 Å². The van der Waals surface area contributed by atoms with Gasteiger partial charge < -0.3 is 14.6 Å². The minimum absolute atomic E-state index is 0.0217. The Hall–Kier alpha value is -2.30. The molecule has 0 fully saturated rings. The van der Waals surface area contributed by atoms with Gasteiger partial charge in [0.1, 0.15) is 11.5 Å². The van der Waals surface area contributed by atoms with E-state index in [-0.39, 0.29) is 12.4 Å². The summed E-state index contributed by atoms with van der Waals surface area (Å²) in [6.45, 7) is 0.0607. The van der Waals surface area contributed by atoms with Crippen molar-refractivity contribution in [3.8, 4) is 28.4 Å². The van der Waals surface area contributed by atoms with Crippen LogP contribution in [0.1, 0.15) is 0 Å². The summed E-state index contributed by atoms with van der Waals surface area (Å²) in [4.78, 5) is 22.2. The summed E-state index contributed by atoms with van der Waals surface area (Å²) in [5, 5.41) is 9.33. The molecule has 1 N–H and O–H groups in total. The van der Waals surface area contributed by atoms with Gasteiger partial charge in [-0.25, -0.2) is 0 Å². The van der Waals surface area contributed by atoms with Crippen LogP contribution in [0.25, 0.3) is 11.1 Å². The van der Waals surface area contributed by atoms with Gasteiger partial charge in [0.05, 0.1) is 5.56 Å². The molecule has 2 aromatic rings. The molecule has 2 aromatic carbocycles. The highest BCUT2D eigenvalue weighted by atomic mass is 16.7. The Morgan fingerprint density at radius 1 is 1.12 bits per heavy atom. The summed E-state index contributed by atoms with van der Waals surface area (Å²) in [5.41, 5.74) is -1.09. The van der Waals surface area contributed by atoms with Gasteiger partial charge in [-0.05, 0) is 12.1 Å². The van der Waals surface area contributed by atoms with E-state index in [1.807, 2.05) is 0 Å². The quantitative estimate of drug-likeness (QED) is 0.700. The average molecular weight is 218 g/mol. The lowest BCUT2D eigenvalue weighted by Crippen LogP contribution is -2.32. The number of hydrogen-bond donors (Lipinski definition) is 1. The average Bonchev–Trinajstić information content (AvgIpc) is 2.32. The minimum atomic E-state index is -0.849. The van der Waals surface area contributed by atoms with Crippen molar-refractivity contribution in [3.05, 3.63) is 38.6 Å². The SMILES string of the molecule is O=c1c(O)c(-c2ccc3cc2OCO3)c1=O. The first-order valence-corrected chi connectivity index (χ1v) is 4.61. The van der Waals surface area contributed by atoms with Crippen molar-refractivity contribution in [3.63, 3.8) is 0 Å². The lowest BCUT2D eigenvalue weighted by molar-refractivity contribution is 0.106. The van der Waals surface area contributed by atoms with E-state index in [1.165, 1.54) is 0 Å². The van der Waals surface area contributed by atoms with Crippen LogP contribution in [-0.2, 0) is 0 Å². The van der Waals surface area contributed by atoms with Gasteiger partial charge >= 0.3 is 0 Å². The Morgan fingerprint density at radius 2 is 1.94 bits per heavy atom. The van der Waals surface area contributed by atoms with Crippen molar-refractivity contribution < 1.29 is 14.6 Å². The Labute approximate surface area is 89.2 Å². The molecular formula is C11H6O5. The van der Waals surface area contributed by atoms with E-state index in [0.717, 1.165) is 0 Å². The molecule has 0 amide bonds. The van der Waals surface area contributed by atoms with Gasteiger partial charge in [-0.1, -0.05) is 0 Å². The van der Waals surface area contributed by atoms with Crippen LogP contribution >= 0.6 is 0 Å². The predicted molar refractivity (Wildman–Crippen MR) is 54.6 cm³/mol. The second-order valence-corrected chi connectivity index (χ2v) is 3.45. The molecule has 5 nitrogen and oxygen atoms in total. The highest BCUT2D eigenvalue weighted by Crippen LogP contribution is 2.37. The molecule has 0 saturated heterocycles. The monoisotopic (exact) mass is 218 g/mol. The van der Waals surface area contributed by atoms with Gasteiger partial charge in [-0.3, -0.25) is 9.59 Å². The van der Waals surface area contributed by atoms with E-state index in [9.17, 15) is 14.7 Å². The van der Waals surface area contributed by atoms with Crippen molar-refractivity contribution in [1.82, 2.24) is 0 Å². The number of aromatic hydroxyl groups is 1. The smallest absolute Gasteiger partial charge is 0.268 e. The molecule has 5 heteroatoms. The summed E-state index contributed by atoms with van der Waals surface area (Å²) in [6, 6.07) is 4.84. The van der Waals surface area contributed by atoms with Crippen molar-refractivity contribution >= 4 is 0 Å². The lowest BCUT2D eigenvalue weighted by atomic mass is 9.99. The minimum Gasteiger partial charge on any atom is -0.503 e. The molecule has 0 unspecified atom stereocenters. The maximum Gasteiger partial charge on any atom is 0.268 e. The third-order valence-corrected chi connectivity index (χ3v) is 2.55. The van der Waals surface area contributed by atoms with Gasteiger partial charge in [0.2, 0.25) is 12.2 Å². The predicted octanol–water partition coefficient (Wildman–Crippen LogP) is 0.384. The molecular weight excluding hydrogens is 212 g/mol. The molecule has 2 bridgehead atoms. The van der Waals surface area contributed by atoms with Crippen LogP contribution in [0.4, 0.5) is 0 Å². The zero-order valence-corrected chi connectivity index (χ0v) is 8.02. The van der Waals surface area contributed by atoms with E-state index in [2.05, 4.69) is 0 Å². The standard InChI is InChI=1S/C11H6O5/c12-9-8(10(13)11(9)14)6-2-1-5-3-7(6)16-4-15-5/h1-3,12H,4H2. The summed E-state index contributed by atoms with van der Waals surface area (Å²) < 4.78 is 10.3. The lowest BCUT2D eigenvalue weighted by Gasteiger charge is -2.19. The van der Waals surface area contributed by atoms with Crippen LogP contribution in [0.5, 0.6) is 17.2 Å². The third kappa shape index (κ3) is 0.995. The zero-order valence-electron chi connectivity index (χ0n) is 8.02. The molecule has 1 aliphatic heterocycles. The number of rotatable bonds is 1. The molecule has 1 heterocycles. The molecule has 0 aliphatic carbocycles. The Kier molecular flexibility index (Phi) is 1.60. The molecule has 0 aromatic heterocycles. The highest BCUT2D eigenvalue weighted by Gasteiger charge is 2.25. The van der Waals surface area contributed by atoms with Gasteiger partial charge in [0, 0.05) is 11.6 Å². The van der Waals surface area contributed by atoms with Crippen LogP contribution in [0.15, 0.2) is 27.8 Å². The first kappa shape index (κ1) is 8.96. The molecule has 0 spiro atoms. The molecule has 0 atom stereocenters. The maximum atomic E-state index is 11.3. The number of ether oxygens (including phenoxy) is 2. The second-order valence-electron chi connectivity index (χ2n) is 3.45. The summed E-state index contributed by atoms with van der Waals surface area (Å²) in [7, 11) is 0. The van der Waals surface area contributed by atoms with E-state index in [4.69, 9.17) is 9.47 Å². The van der Waals surface area contributed by atoms with Crippen LogP contribution < -0.4 is 20.3 Å². The largest absolute Gasteiger partial charge is 0.503 e. The molecule has 3 rings (SSSR count). The first-order valence-electron chi connectivity index (χ1n) is 4.61. The van der Waals surface area contributed by atoms with Gasteiger partial charge in [-0.15, -0.1) is 0 Å². The summed E-state index contributed by atoms with van der Waals surface area (Å²) >= 11 is 0. The zero-order chi connectivity index (χ0) is 11.3. The van der Waals surface area contributed by atoms with Gasteiger partial charge in [0.15, 0.2) is 5.75 Å². The van der Waals surface area contributed by atoms with Crippen molar-refractivity contribution in [2.45, 2.75) is 0 Å². The van der Waals surface area contributed by atoms with Gasteiger partial charge in [-0.2, -0.15) is 0 Å². The van der Waals surface area contributed by atoms with Crippen molar-refractivity contribution in [1.29, 1.82) is 0 Å². The maximum absolute atomic E-state index is 11.3. The summed E-state index contributed by atoms with van der Waals surface area (Å²) in [6.07, 6.45) is 0. The Balaban J connectivity index is 2.23. The van der Waals surface area contributed by atoms with Gasteiger partial charge in [0.25, 0.3) is 5.43 Å². The van der Waals surface area contributed by atoms with Crippen LogP contribution in [0, 0.1) is 0 Å². The normalized spacial score (nSPS) is 13.2. The number of fused-ring (bicyclic) bond motifs is 2. The van der Waals surface area contributed by atoms with Crippen molar-refractivity contribution in [2.75, 3.05) is 6.79 Å². The Morgan fingerprint density at radius 3 is 2.69 bits per heavy atom. The van der Waals surface area contributed by atoms with E-state index in [1.54, 1.807) is 18.2 Å². The summed E-state index contributed by atoms with van der Waals surface area (Å²) in [5.74, 6) is 0.568. The van der Waals surface area contributed by atoms with Crippen LogP contribution in [-0.4, -0.2) is 11.9 Å². The van der Waals surface area contributed by atoms with E-state index < -0.39 is 16.6 Å². The Bertz CT molecular complexity index is 649. The molecule has 80 valence electrons. The van der Waals surface area contributed by atoms with Crippen LogP contribution in [0.2, 0.25) is 0 Å². The topological polar surface area (TPSA) is 72.8 Å². The molecule has 0 saturated carbocycles. The number of hydrogen-bond acceptors (Lipinski definition) is 5. The van der Waals surface area contributed by atoms with E-state index >= 15 is 0 Å². The van der Waals surface area contributed by atoms with Crippen molar-refractivity contribution in [2.24, 2.45) is 0 Å². The molecule has 1 aliphatic rings. The molecule has 0 radical (unpaired) electrons. The van der Waals surface area contributed by atoms with E-state index in [0.29, 0.717) is 17.1 Å². The first-order chi connectivity index (χ1) is 7.68. The number of benzene rings is 1. The highest BCUT2D eigenvalue weighted by molar-refractivity contribution is 5.79. The second kappa shape index (κ2) is 2.85.